The van der Waals surface area contributed by atoms with Crippen LogP contribution in [0.2, 0.25) is 0 Å². The second kappa shape index (κ2) is 5.82. The zero-order valence-corrected chi connectivity index (χ0v) is 12.9. The minimum atomic E-state index is -0.0832. The Kier molecular flexibility index (Phi) is 4.34. The fraction of sp³-hybridized carbons (Fsp3) is 0.500. The van der Waals surface area contributed by atoms with Gasteiger partial charge in [-0.15, -0.1) is 0 Å². The molecule has 4 nitrogen and oxygen atoms in total. The molecule has 0 saturated heterocycles. The summed E-state index contributed by atoms with van der Waals surface area (Å²) < 4.78 is 12.0. The van der Waals surface area contributed by atoms with Crippen LogP contribution in [0.25, 0.3) is 0 Å². The Morgan fingerprint density at radius 2 is 1.79 bits per heavy atom. The third-order valence-electron chi connectivity index (χ3n) is 3.01. The van der Waals surface area contributed by atoms with Gasteiger partial charge in [0.25, 0.3) is 0 Å². The quantitative estimate of drug-likeness (QED) is 0.928. The van der Waals surface area contributed by atoms with Gasteiger partial charge in [-0.1, -0.05) is 29.8 Å². The summed E-state index contributed by atoms with van der Waals surface area (Å²) in [5.74, 6) is 1.48. The summed E-state index contributed by atoms with van der Waals surface area (Å²) >= 11 is 3.52. The van der Waals surface area contributed by atoms with Gasteiger partial charge in [0.2, 0.25) is 5.91 Å². The van der Waals surface area contributed by atoms with Crippen LogP contribution in [0.4, 0.5) is 0 Å². The van der Waals surface area contributed by atoms with Crippen molar-refractivity contribution in [1.82, 2.24) is 5.32 Å². The predicted octanol–water partition coefficient (Wildman–Crippen LogP) is 3.05. The molecule has 1 aromatic rings. The first-order valence-electron chi connectivity index (χ1n) is 6.38. The molecule has 1 heterocycles. The van der Waals surface area contributed by atoms with Crippen molar-refractivity contribution in [3.63, 3.8) is 0 Å². The molecule has 2 rings (SSSR count). The van der Waals surface area contributed by atoms with Gasteiger partial charge in [-0.25, -0.2) is 0 Å². The molecular weight excluding hydrogens is 310 g/mol. The predicted molar refractivity (Wildman–Crippen MR) is 76.5 cm³/mol. The average Bonchev–Trinajstić information content (AvgIpc) is 2.37. The second-order valence-corrected chi connectivity index (χ2v) is 5.76. The van der Waals surface area contributed by atoms with Gasteiger partial charge in [0.05, 0.1) is 6.04 Å². The molecule has 104 valence electrons. The zero-order chi connectivity index (χ0) is 14.0. The normalized spacial score (nSPS) is 15.2. The molecule has 1 aromatic carbocycles. The summed E-state index contributed by atoms with van der Waals surface area (Å²) in [6.45, 7) is 6.83. The van der Waals surface area contributed by atoms with E-state index >= 15 is 0 Å². The van der Waals surface area contributed by atoms with E-state index in [0.717, 1.165) is 21.5 Å². The number of amides is 1. The average molecular weight is 328 g/mol. The minimum Gasteiger partial charge on any atom is -0.486 e. The lowest BCUT2D eigenvalue weighted by molar-refractivity contribution is -0.124. The first-order chi connectivity index (χ1) is 8.99. The topological polar surface area (TPSA) is 47.6 Å². The van der Waals surface area contributed by atoms with Crippen LogP contribution in [0.15, 0.2) is 16.6 Å². The third kappa shape index (κ3) is 3.21. The number of benzene rings is 1. The lowest BCUT2D eigenvalue weighted by Gasteiger charge is -2.23. The maximum atomic E-state index is 11.7. The first-order valence-corrected chi connectivity index (χ1v) is 7.17. The number of hydrogen-bond donors (Lipinski definition) is 1. The molecule has 1 unspecified atom stereocenters. The van der Waals surface area contributed by atoms with Crippen LogP contribution in [0, 0.1) is 5.92 Å². The first kappa shape index (κ1) is 14.2. The highest BCUT2D eigenvalue weighted by atomic mass is 79.9. The Morgan fingerprint density at radius 1 is 1.21 bits per heavy atom. The number of carbonyl (C=O) groups is 1. The van der Waals surface area contributed by atoms with E-state index in [9.17, 15) is 4.79 Å². The molecule has 0 fully saturated rings. The van der Waals surface area contributed by atoms with E-state index < -0.39 is 0 Å². The molecule has 0 spiro atoms. The van der Waals surface area contributed by atoms with Crippen LogP contribution < -0.4 is 14.8 Å². The lowest BCUT2D eigenvalue weighted by atomic mass is 10.1. The van der Waals surface area contributed by atoms with Gasteiger partial charge in [0.1, 0.15) is 13.2 Å². The SMILES string of the molecule is CC(C)C(=O)NC(C)c1cc2c(cc1Br)OCCO2. The Morgan fingerprint density at radius 3 is 2.37 bits per heavy atom. The Labute approximate surface area is 121 Å². The maximum absolute atomic E-state index is 11.7. The summed E-state index contributed by atoms with van der Waals surface area (Å²) in [5, 5.41) is 2.98. The highest BCUT2D eigenvalue weighted by Crippen LogP contribution is 2.37. The molecule has 19 heavy (non-hydrogen) atoms. The molecule has 0 aromatic heterocycles. The van der Waals surface area contributed by atoms with E-state index in [0.29, 0.717) is 13.2 Å². The Balaban J connectivity index is 2.22. The smallest absolute Gasteiger partial charge is 0.223 e. The van der Waals surface area contributed by atoms with E-state index in [1.54, 1.807) is 0 Å². The largest absolute Gasteiger partial charge is 0.486 e. The maximum Gasteiger partial charge on any atom is 0.223 e. The van der Waals surface area contributed by atoms with Crippen molar-refractivity contribution in [2.45, 2.75) is 26.8 Å². The van der Waals surface area contributed by atoms with Crippen LogP contribution in [0.5, 0.6) is 11.5 Å². The molecule has 1 N–H and O–H groups in total. The zero-order valence-electron chi connectivity index (χ0n) is 11.3. The van der Waals surface area contributed by atoms with Crippen molar-refractivity contribution in [3.05, 3.63) is 22.2 Å². The summed E-state index contributed by atoms with van der Waals surface area (Å²) in [5.41, 5.74) is 0.984. The molecule has 0 aliphatic carbocycles. The second-order valence-electron chi connectivity index (χ2n) is 4.90. The van der Waals surface area contributed by atoms with Crippen molar-refractivity contribution in [3.8, 4) is 11.5 Å². The summed E-state index contributed by atoms with van der Waals surface area (Å²) in [6, 6.07) is 3.73. The van der Waals surface area contributed by atoms with E-state index in [1.165, 1.54) is 0 Å². The number of rotatable bonds is 3. The molecule has 0 radical (unpaired) electrons. The fourth-order valence-corrected chi connectivity index (χ4v) is 2.54. The third-order valence-corrected chi connectivity index (χ3v) is 3.70. The highest BCUT2D eigenvalue weighted by molar-refractivity contribution is 9.10. The fourth-order valence-electron chi connectivity index (χ4n) is 1.87. The van der Waals surface area contributed by atoms with E-state index in [2.05, 4.69) is 21.2 Å². The van der Waals surface area contributed by atoms with Crippen molar-refractivity contribution in [2.75, 3.05) is 13.2 Å². The summed E-state index contributed by atoms with van der Waals surface area (Å²) in [6.07, 6.45) is 0. The Bertz CT molecular complexity index is 488. The molecule has 1 amide bonds. The van der Waals surface area contributed by atoms with Gasteiger partial charge in [0.15, 0.2) is 11.5 Å². The van der Waals surface area contributed by atoms with Crippen molar-refractivity contribution < 1.29 is 14.3 Å². The Hall–Kier alpha value is -1.23. The van der Waals surface area contributed by atoms with Crippen LogP contribution in [0.3, 0.4) is 0 Å². The lowest BCUT2D eigenvalue weighted by Crippen LogP contribution is -2.30. The number of nitrogens with one attached hydrogen (secondary N) is 1. The molecule has 0 saturated carbocycles. The number of ether oxygens (including phenoxy) is 2. The van der Waals surface area contributed by atoms with Crippen LogP contribution in [0.1, 0.15) is 32.4 Å². The molecule has 1 atom stereocenters. The van der Waals surface area contributed by atoms with Gasteiger partial charge < -0.3 is 14.8 Å². The molecular formula is C14H18BrNO3. The summed E-state index contributed by atoms with van der Waals surface area (Å²) in [7, 11) is 0. The van der Waals surface area contributed by atoms with Gasteiger partial charge in [-0.2, -0.15) is 0 Å². The number of halogens is 1. The van der Waals surface area contributed by atoms with Crippen molar-refractivity contribution >= 4 is 21.8 Å². The van der Waals surface area contributed by atoms with Crippen LogP contribution in [-0.2, 0) is 4.79 Å². The van der Waals surface area contributed by atoms with Crippen molar-refractivity contribution in [2.24, 2.45) is 5.92 Å². The van der Waals surface area contributed by atoms with E-state index in [-0.39, 0.29) is 17.9 Å². The minimum absolute atomic E-state index is 0.0292. The number of fused-ring (bicyclic) bond motifs is 1. The molecule has 0 bridgehead atoms. The standard InChI is InChI=1S/C14H18BrNO3/c1-8(2)14(17)16-9(3)10-6-12-13(7-11(10)15)19-5-4-18-12/h6-9H,4-5H2,1-3H3,(H,16,17). The number of carbonyl (C=O) groups excluding carboxylic acids is 1. The van der Waals surface area contributed by atoms with Gasteiger partial charge in [-0.3, -0.25) is 4.79 Å². The van der Waals surface area contributed by atoms with Gasteiger partial charge in [-0.05, 0) is 24.6 Å². The van der Waals surface area contributed by atoms with Crippen LogP contribution in [-0.4, -0.2) is 19.1 Å². The summed E-state index contributed by atoms with van der Waals surface area (Å²) in [4.78, 5) is 11.7. The van der Waals surface area contributed by atoms with E-state index in [1.807, 2.05) is 32.9 Å². The van der Waals surface area contributed by atoms with Crippen LogP contribution >= 0.6 is 15.9 Å². The van der Waals surface area contributed by atoms with Gasteiger partial charge in [0, 0.05) is 10.4 Å². The molecule has 1 aliphatic heterocycles. The van der Waals surface area contributed by atoms with Gasteiger partial charge >= 0.3 is 0 Å². The number of hydrogen-bond acceptors (Lipinski definition) is 3. The molecule has 5 heteroatoms. The monoisotopic (exact) mass is 327 g/mol. The molecule has 1 aliphatic rings. The van der Waals surface area contributed by atoms with Crippen molar-refractivity contribution in [1.29, 1.82) is 0 Å². The van der Waals surface area contributed by atoms with E-state index in [4.69, 9.17) is 9.47 Å². The highest BCUT2D eigenvalue weighted by Gasteiger charge is 2.19.